The number of nitrogens with zero attached hydrogens (tertiary/aromatic N) is 3. The average Bonchev–Trinajstić information content (AvgIpc) is 2.60. The first kappa shape index (κ1) is 12.0. The zero-order chi connectivity index (χ0) is 11.4. The highest BCUT2D eigenvalue weighted by molar-refractivity contribution is 7.11. The van der Waals surface area contributed by atoms with Gasteiger partial charge in [-0.05, 0) is 6.92 Å². The number of nitrogens with two attached hydrogens (primary N) is 1. The molecule has 1 unspecified atom stereocenters. The minimum Gasteiger partial charge on any atom is -0.370 e. The SMILES string of the molecule is Cc1cnc(C(C)CN=C(N)N(C)C)s1. The topological polar surface area (TPSA) is 54.5 Å². The Hall–Kier alpha value is -1.10. The van der Waals surface area contributed by atoms with Gasteiger partial charge in [-0.15, -0.1) is 11.3 Å². The summed E-state index contributed by atoms with van der Waals surface area (Å²) in [6, 6.07) is 0. The van der Waals surface area contributed by atoms with Gasteiger partial charge < -0.3 is 10.6 Å². The number of rotatable bonds is 3. The van der Waals surface area contributed by atoms with E-state index in [1.54, 1.807) is 16.2 Å². The highest BCUT2D eigenvalue weighted by atomic mass is 32.1. The first-order valence-corrected chi connectivity index (χ1v) is 5.72. The number of guanidine groups is 1. The highest BCUT2D eigenvalue weighted by Crippen LogP contribution is 2.21. The summed E-state index contributed by atoms with van der Waals surface area (Å²) in [6.45, 7) is 4.87. The summed E-state index contributed by atoms with van der Waals surface area (Å²) in [5.41, 5.74) is 5.71. The Bertz CT molecular complexity index is 343. The molecule has 1 heterocycles. The molecule has 4 nitrogen and oxygen atoms in total. The largest absolute Gasteiger partial charge is 0.370 e. The van der Waals surface area contributed by atoms with E-state index in [-0.39, 0.29) is 0 Å². The molecule has 5 heteroatoms. The fraction of sp³-hybridized carbons (Fsp3) is 0.600. The molecular formula is C10H18N4S. The normalized spacial score (nSPS) is 14.0. The van der Waals surface area contributed by atoms with Gasteiger partial charge in [0.05, 0.1) is 11.6 Å². The van der Waals surface area contributed by atoms with Gasteiger partial charge in [-0.1, -0.05) is 6.92 Å². The quantitative estimate of drug-likeness (QED) is 0.626. The molecule has 2 N–H and O–H groups in total. The smallest absolute Gasteiger partial charge is 0.190 e. The van der Waals surface area contributed by atoms with Crippen molar-refractivity contribution in [3.63, 3.8) is 0 Å². The average molecular weight is 226 g/mol. The molecule has 1 aromatic heterocycles. The van der Waals surface area contributed by atoms with E-state index in [2.05, 4.69) is 23.8 Å². The zero-order valence-electron chi connectivity index (χ0n) is 9.69. The summed E-state index contributed by atoms with van der Waals surface area (Å²) in [7, 11) is 3.77. The molecule has 1 aromatic rings. The highest BCUT2D eigenvalue weighted by Gasteiger charge is 2.09. The van der Waals surface area contributed by atoms with Gasteiger partial charge in [0.2, 0.25) is 0 Å². The molecule has 0 saturated heterocycles. The van der Waals surface area contributed by atoms with E-state index in [1.165, 1.54) is 4.88 Å². The fourth-order valence-corrected chi connectivity index (χ4v) is 1.87. The van der Waals surface area contributed by atoms with Crippen LogP contribution < -0.4 is 5.73 Å². The van der Waals surface area contributed by atoms with Crippen LogP contribution in [-0.2, 0) is 0 Å². The number of hydrogen-bond acceptors (Lipinski definition) is 3. The van der Waals surface area contributed by atoms with Crippen molar-refractivity contribution < 1.29 is 0 Å². The number of aromatic nitrogens is 1. The number of hydrogen-bond donors (Lipinski definition) is 1. The Labute approximate surface area is 94.8 Å². The number of thiazole rings is 1. The molecular weight excluding hydrogens is 208 g/mol. The molecule has 0 aliphatic rings. The molecule has 0 amide bonds. The second-order valence-electron chi connectivity index (χ2n) is 3.80. The lowest BCUT2D eigenvalue weighted by Crippen LogP contribution is -2.30. The van der Waals surface area contributed by atoms with Gasteiger partial charge in [-0.25, -0.2) is 4.98 Å². The summed E-state index contributed by atoms with van der Waals surface area (Å²) in [5.74, 6) is 0.900. The molecule has 84 valence electrons. The minimum absolute atomic E-state index is 0.335. The molecule has 0 aromatic carbocycles. The Morgan fingerprint density at radius 2 is 2.33 bits per heavy atom. The maximum Gasteiger partial charge on any atom is 0.190 e. The van der Waals surface area contributed by atoms with Gasteiger partial charge in [0.15, 0.2) is 5.96 Å². The van der Waals surface area contributed by atoms with Crippen molar-refractivity contribution in [1.82, 2.24) is 9.88 Å². The van der Waals surface area contributed by atoms with Crippen LogP contribution in [0, 0.1) is 6.92 Å². The third-order valence-electron chi connectivity index (χ3n) is 2.05. The summed E-state index contributed by atoms with van der Waals surface area (Å²) < 4.78 is 0. The Morgan fingerprint density at radius 3 is 2.80 bits per heavy atom. The maximum absolute atomic E-state index is 5.71. The van der Waals surface area contributed by atoms with Crippen LogP contribution in [0.3, 0.4) is 0 Å². The van der Waals surface area contributed by atoms with Crippen LogP contribution in [0.5, 0.6) is 0 Å². The molecule has 0 bridgehead atoms. The molecule has 0 fully saturated rings. The van der Waals surface area contributed by atoms with E-state index >= 15 is 0 Å². The predicted molar refractivity (Wildman–Crippen MR) is 65.4 cm³/mol. The molecule has 1 rings (SSSR count). The van der Waals surface area contributed by atoms with Crippen molar-refractivity contribution in [2.45, 2.75) is 19.8 Å². The van der Waals surface area contributed by atoms with Crippen molar-refractivity contribution in [2.75, 3.05) is 20.6 Å². The Balaban J connectivity index is 2.57. The monoisotopic (exact) mass is 226 g/mol. The second kappa shape index (κ2) is 5.11. The summed E-state index contributed by atoms with van der Waals surface area (Å²) in [5, 5.41) is 1.13. The molecule has 0 spiro atoms. The van der Waals surface area contributed by atoms with E-state index < -0.39 is 0 Å². The van der Waals surface area contributed by atoms with Crippen LogP contribution in [0.2, 0.25) is 0 Å². The molecule has 0 saturated carbocycles. The zero-order valence-corrected chi connectivity index (χ0v) is 10.5. The van der Waals surface area contributed by atoms with E-state index in [0.717, 1.165) is 5.01 Å². The van der Waals surface area contributed by atoms with E-state index in [1.807, 2.05) is 20.3 Å². The van der Waals surface area contributed by atoms with Gasteiger partial charge in [0.1, 0.15) is 0 Å². The third-order valence-corrected chi connectivity index (χ3v) is 3.19. The van der Waals surface area contributed by atoms with E-state index in [9.17, 15) is 0 Å². The van der Waals surface area contributed by atoms with Crippen molar-refractivity contribution in [1.29, 1.82) is 0 Å². The van der Waals surface area contributed by atoms with Crippen molar-refractivity contribution in [3.8, 4) is 0 Å². The first-order valence-electron chi connectivity index (χ1n) is 4.90. The van der Waals surface area contributed by atoms with E-state index in [0.29, 0.717) is 18.4 Å². The predicted octanol–water partition coefficient (Wildman–Crippen LogP) is 1.43. The lowest BCUT2D eigenvalue weighted by molar-refractivity contribution is 0.605. The second-order valence-corrected chi connectivity index (χ2v) is 5.07. The van der Waals surface area contributed by atoms with E-state index in [4.69, 9.17) is 5.73 Å². The summed E-state index contributed by atoms with van der Waals surface area (Å²) >= 11 is 1.72. The lowest BCUT2D eigenvalue weighted by atomic mass is 10.2. The molecule has 0 aliphatic heterocycles. The fourth-order valence-electron chi connectivity index (χ4n) is 1.05. The van der Waals surface area contributed by atoms with Crippen molar-refractivity contribution >= 4 is 17.3 Å². The van der Waals surface area contributed by atoms with Gasteiger partial charge in [0, 0.05) is 31.1 Å². The number of aryl methyl sites for hydroxylation is 1. The van der Waals surface area contributed by atoms with Crippen molar-refractivity contribution in [2.24, 2.45) is 10.7 Å². The van der Waals surface area contributed by atoms with Crippen LogP contribution in [-0.4, -0.2) is 36.5 Å². The molecule has 0 aliphatic carbocycles. The molecule has 1 atom stereocenters. The molecule has 0 radical (unpaired) electrons. The Morgan fingerprint density at radius 1 is 1.67 bits per heavy atom. The summed E-state index contributed by atoms with van der Waals surface area (Å²) in [4.78, 5) is 11.7. The van der Waals surface area contributed by atoms with Gasteiger partial charge in [0.25, 0.3) is 0 Å². The van der Waals surface area contributed by atoms with Crippen LogP contribution in [0.15, 0.2) is 11.2 Å². The van der Waals surface area contributed by atoms with Crippen molar-refractivity contribution in [3.05, 3.63) is 16.1 Å². The summed E-state index contributed by atoms with van der Waals surface area (Å²) in [6.07, 6.45) is 1.90. The van der Waals surface area contributed by atoms with Gasteiger partial charge in [-0.2, -0.15) is 0 Å². The standard InChI is InChI=1S/C10H18N4S/c1-7(5-13-10(11)14(3)4)9-12-6-8(2)15-9/h6-7H,5H2,1-4H3,(H2,11,13). The van der Waals surface area contributed by atoms with Crippen LogP contribution in [0.1, 0.15) is 22.7 Å². The minimum atomic E-state index is 0.335. The van der Waals surface area contributed by atoms with Crippen LogP contribution in [0.4, 0.5) is 0 Å². The maximum atomic E-state index is 5.71. The van der Waals surface area contributed by atoms with Gasteiger partial charge in [-0.3, -0.25) is 4.99 Å². The van der Waals surface area contributed by atoms with Gasteiger partial charge >= 0.3 is 0 Å². The van der Waals surface area contributed by atoms with Crippen LogP contribution in [0.25, 0.3) is 0 Å². The third kappa shape index (κ3) is 3.51. The first-order chi connectivity index (χ1) is 7.00. The lowest BCUT2D eigenvalue weighted by Gasteiger charge is -2.11. The number of aliphatic imine (C=N–C) groups is 1. The Kier molecular flexibility index (Phi) is 4.08. The van der Waals surface area contributed by atoms with Crippen LogP contribution >= 0.6 is 11.3 Å². The molecule has 15 heavy (non-hydrogen) atoms.